The molecule has 0 amide bonds. The minimum absolute atomic E-state index is 0.856. The third-order valence-electron chi connectivity index (χ3n) is 2.32. The number of rotatable bonds is 3. The normalized spacial score (nSPS) is 10.3. The second-order valence-electron chi connectivity index (χ2n) is 3.64. The van der Waals surface area contributed by atoms with Gasteiger partial charge in [-0.15, -0.1) is 11.3 Å². The number of aryl methyl sites for hydroxylation is 2. The fourth-order valence-electron chi connectivity index (χ4n) is 1.52. The quantitative estimate of drug-likeness (QED) is 0.854. The molecule has 0 spiro atoms. The van der Waals surface area contributed by atoms with Crippen molar-refractivity contribution < 1.29 is 0 Å². The first-order chi connectivity index (χ1) is 7.25. The van der Waals surface area contributed by atoms with Gasteiger partial charge in [0.15, 0.2) is 0 Å². The van der Waals surface area contributed by atoms with Crippen molar-refractivity contribution >= 4 is 17.0 Å². The molecule has 1 heterocycles. The first-order valence-corrected chi connectivity index (χ1v) is 5.82. The van der Waals surface area contributed by atoms with Crippen LogP contribution in [0.3, 0.4) is 0 Å². The molecular formula is C12H14N2S. The minimum Gasteiger partial charge on any atom is -0.380 e. The molecule has 0 saturated heterocycles. The standard InChI is InChI=1S/C12H14N2S/c1-9-3-4-12(10(2)5-9)14-7-11-6-13-8-15-11/h3-6,8,14H,7H2,1-2H3. The van der Waals surface area contributed by atoms with Crippen molar-refractivity contribution in [1.29, 1.82) is 0 Å². The van der Waals surface area contributed by atoms with Crippen LogP contribution in [0.4, 0.5) is 5.69 Å². The molecular weight excluding hydrogens is 204 g/mol. The number of aromatic nitrogens is 1. The summed E-state index contributed by atoms with van der Waals surface area (Å²) in [6, 6.07) is 6.45. The number of benzene rings is 1. The smallest absolute Gasteiger partial charge is 0.0794 e. The Labute approximate surface area is 94.0 Å². The lowest BCUT2D eigenvalue weighted by Gasteiger charge is -2.08. The molecule has 2 rings (SSSR count). The van der Waals surface area contributed by atoms with Gasteiger partial charge in [0.1, 0.15) is 0 Å². The molecule has 3 heteroatoms. The molecule has 1 N–H and O–H groups in total. The van der Waals surface area contributed by atoms with E-state index in [4.69, 9.17) is 0 Å². The third-order valence-corrected chi connectivity index (χ3v) is 3.10. The Morgan fingerprint density at radius 3 is 2.87 bits per heavy atom. The van der Waals surface area contributed by atoms with Crippen LogP contribution in [0.2, 0.25) is 0 Å². The molecule has 0 atom stereocenters. The average Bonchev–Trinajstić information content (AvgIpc) is 2.69. The maximum atomic E-state index is 4.05. The average molecular weight is 218 g/mol. The van der Waals surface area contributed by atoms with Crippen LogP contribution >= 0.6 is 11.3 Å². The lowest BCUT2D eigenvalue weighted by Crippen LogP contribution is -1.99. The van der Waals surface area contributed by atoms with E-state index in [0.29, 0.717) is 0 Å². The SMILES string of the molecule is Cc1ccc(NCc2cncs2)c(C)c1. The Morgan fingerprint density at radius 2 is 2.20 bits per heavy atom. The molecule has 1 aromatic heterocycles. The first kappa shape index (κ1) is 10.2. The van der Waals surface area contributed by atoms with E-state index in [9.17, 15) is 0 Å². The zero-order chi connectivity index (χ0) is 10.7. The Balaban J connectivity index is 2.05. The molecule has 15 heavy (non-hydrogen) atoms. The maximum Gasteiger partial charge on any atom is 0.0794 e. The zero-order valence-corrected chi connectivity index (χ0v) is 9.77. The van der Waals surface area contributed by atoms with Gasteiger partial charge in [-0.3, -0.25) is 4.98 Å². The second kappa shape index (κ2) is 4.45. The number of nitrogens with one attached hydrogen (secondary N) is 1. The van der Waals surface area contributed by atoms with E-state index in [0.717, 1.165) is 6.54 Å². The number of anilines is 1. The van der Waals surface area contributed by atoms with Gasteiger partial charge in [-0.2, -0.15) is 0 Å². The summed E-state index contributed by atoms with van der Waals surface area (Å²) in [5.74, 6) is 0. The molecule has 2 nitrogen and oxygen atoms in total. The predicted octanol–water partition coefficient (Wildman–Crippen LogP) is 3.37. The Kier molecular flexibility index (Phi) is 3.02. The van der Waals surface area contributed by atoms with Gasteiger partial charge >= 0.3 is 0 Å². The number of nitrogens with zero attached hydrogens (tertiary/aromatic N) is 1. The van der Waals surface area contributed by atoms with Crippen LogP contribution < -0.4 is 5.32 Å². The lowest BCUT2D eigenvalue weighted by atomic mass is 10.1. The Hall–Kier alpha value is -1.35. The highest BCUT2D eigenvalue weighted by Gasteiger charge is 1.98. The molecule has 2 aromatic rings. The topological polar surface area (TPSA) is 24.9 Å². The number of hydrogen-bond acceptors (Lipinski definition) is 3. The van der Waals surface area contributed by atoms with E-state index < -0.39 is 0 Å². The molecule has 0 bridgehead atoms. The van der Waals surface area contributed by atoms with Gasteiger partial charge in [0.25, 0.3) is 0 Å². The maximum absolute atomic E-state index is 4.05. The highest BCUT2D eigenvalue weighted by molar-refractivity contribution is 7.09. The van der Waals surface area contributed by atoms with E-state index in [2.05, 4.69) is 42.3 Å². The van der Waals surface area contributed by atoms with E-state index in [1.54, 1.807) is 11.3 Å². The molecule has 0 radical (unpaired) electrons. The predicted molar refractivity (Wildman–Crippen MR) is 65.4 cm³/mol. The van der Waals surface area contributed by atoms with Gasteiger partial charge in [0, 0.05) is 16.8 Å². The van der Waals surface area contributed by atoms with Crippen LogP contribution in [0.5, 0.6) is 0 Å². The van der Waals surface area contributed by atoms with Gasteiger partial charge in [0.2, 0.25) is 0 Å². The first-order valence-electron chi connectivity index (χ1n) is 4.94. The molecule has 0 aliphatic rings. The number of hydrogen-bond donors (Lipinski definition) is 1. The zero-order valence-electron chi connectivity index (χ0n) is 8.95. The van der Waals surface area contributed by atoms with Gasteiger partial charge in [-0.05, 0) is 25.5 Å². The van der Waals surface area contributed by atoms with Crippen LogP contribution in [-0.2, 0) is 6.54 Å². The molecule has 1 aromatic carbocycles. The van der Waals surface area contributed by atoms with Crippen molar-refractivity contribution in [2.24, 2.45) is 0 Å². The summed E-state index contributed by atoms with van der Waals surface area (Å²) in [5.41, 5.74) is 5.66. The van der Waals surface area contributed by atoms with Crippen molar-refractivity contribution in [2.45, 2.75) is 20.4 Å². The second-order valence-corrected chi connectivity index (χ2v) is 4.61. The Morgan fingerprint density at radius 1 is 1.33 bits per heavy atom. The van der Waals surface area contributed by atoms with E-state index >= 15 is 0 Å². The monoisotopic (exact) mass is 218 g/mol. The number of thiazole rings is 1. The van der Waals surface area contributed by atoms with Crippen molar-refractivity contribution in [3.05, 3.63) is 45.9 Å². The van der Waals surface area contributed by atoms with Crippen LogP contribution in [0.1, 0.15) is 16.0 Å². The summed E-state index contributed by atoms with van der Waals surface area (Å²) >= 11 is 1.68. The molecule has 0 unspecified atom stereocenters. The molecule has 0 fully saturated rings. The van der Waals surface area contributed by atoms with E-state index in [1.807, 2.05) is 11.7 Å². The van der Waals surface area contributed by atoms with Crippen molar-refractivity contribution in [2.75, 3.05) is 5.32 Å². The van der Waals surface area contributed by atoms with Crippen LogP contribution in [0.25, 0.3) is 0 Å². The van der Waals surface area contributed by atoms with Gasteiger partial charge in [-0.1, -0.05) is 17.7 Å². The lowest BCUT2D eigenvalue weighted by molar-refractivity contribution is 1.16. The fourth-order valence-corrected chi connectivity index (χ4v) is 2.06. The van der Waals surface area contributed by atoms with Crippen molar-refractivity contribution in [3.63, 3.8) is 0 Å². The van der Waals surface area contributed by atoms with Crippen molar-refractivity contribution in [1.82, 2.24) is 4.98 Å². The summed E-state index contributed by atoms with van der Waals surface area (Å²) in [6.07, 6.45) is 1.90. The summed E-state index contributed by atoms with van der Waals surface area (Å²) in [6.45, 7) is 5.09. The molecule has 78 valence electrons. The highest BCUT2D eigenvalue weighted by atomic mass is 32.1. The van der Waals surface area contributed by atoms with E-state index in [1.165, 1.54) is 21.7 Å². The summed E-state index contributed by atoms with van der Waals surface area (Å²) in [5, 5.41) is 3.41. The van der Waals surface area contributed by atoms with Gasteiger partial charge in [-0.25, -0.2) is 0 Å². The summed E-state index contributed by atoms with van der Waals surface area (Å²) in [7, 11) is 0. The van der Waals surface area contributed by atoms with Crippen molar-refractivity contribution in [3.8, 4) is 0 Å². The fraction of sp³-hybridized carbons (Fsp3) is 0.250. The molecule has 0 aliphatic heterocycles. The minimum atomic E-state index is 0.856. The third kappa shape index (κ3) is 2.57. The summed E-state index contributed by atoms with van der Waals surface area (Å²) in [4.78, 5) is 5.31. The van der Waals surface area contributed by atoms with Gasteiger partial charge in [0.05, 0.1) is 12.1 Å². The van der Waals surface area contributed by atoms with Crippen LogP contribution in [0.15, 0.2) is 29.9 Å². The largest absolute Gasteiger partial charge is 0.380 e. The summed E-state index contributed by atoms with van der Waals surface area (Å²) < 4.78 is 0. The Bertz CT molecular complexity index is 435. The molecule has 0 aliphatic carbocycles. The van der Waals surface area contributed by atoms with Crippen LogP contribution in [0, 0.1) is 13.8 Å². The van der Waals surface area contributed by atoms with Gasteiger partial charge < -0.3 is 5.32 Å². The highest BCUT2D eigenvalue weighted by Crippen LogP contribution is 2.17. The van der Waals surface area contributed by atoms with Crippen LogP contribution in [-0.4, -0.2) is 4.98 Å². The molecule has 0 saturated carbocycles. The van der Waals surface area contributed by atoms with E-state index in [-0.39, 0.29) is 0 Å².